The molecule has 0 bridgehead atoms. The van der Waals surface area contributed by atoms with Crippen molar-refractivity contribution >= 4 is 29.9 Å². The molecule has 2 heterocycles. The van der Waals surface area contributed by atoms with Crippen LogP contribution in [-0.2, 0) is 6.54 Å². The molecule has 0 spiro atoms. The largest absolute Gasteiger partial charge is 0.357 e. The highest BCUT2D eigenvalue weighted by Gasteiger charge is 2.24. The number of benzene rings is 1. The van der Waals surface area contributed by atoms with Crippen LogP contribution in [0, 0.1) is 18.6 Å². The fourth-order valence-corrected chi connectivity index (χ4v) is 3.32. The van der Waals surface area contributed by atoms with E-state index < -0.39 is 11.6 Å². The molecule has 0 saturated heterocycles. The Kier molecular flexibility index (Phi) is 8.14. The number of aliphatic imine (C=N–C) groups is 1. The molecule has 154 valence electrons. The second kappa shape index (κ2) is 10.1. The number of nitrogens with zero attached hydrogens (tertiary/aromatic N) is 4. The lowest BCUT2D eigenvalue weighted by molar-refractivity contribution is 0.397. The van der Waals surface area contributed by atoms with Crippen molar-refractivity contribution in [2.24, 2.45) is 4.99 Å². The number of hydrogen-bond donors (Lipinski definition) is 2. The van der Waals surface area contributed by atoms with Crippen LogP contribution in [0.3, 0.4) is 0 Å². The monoisotopic (exact) mass is 504 g/mol. The van der Waals surface area contributed by atoms with E-state index in [0.717, 1.165) is 37.1 Å². The maximum atomic E-state index is 14.0. The first-order chi connectivity index (χ1) is 13.0. The Morgan fingerprint density at radius 3 is 2.89 bits per heavy atom. The molecule has 0 saturated carbocycles. The predicted octanol–water partition coefficient (Wildman–Crippen LogP) is 3.68. The Morgan fingerprint density at radius 1 is 1.39 bits per heavy atom. The van der Waals surface area contributed by atoms with Crippen molar-refractivity contribution in [1.82, 2.24) is 25.4 Å². The maximum Gasteiger partial charge on any atom is 0.191 e. The average molecular weight is 504 g/mol. The van der Waals surface area contributed by atoms with Gasteiger partial charge in [-0.15, -0.1) is 24.0 Å². The summed E-state index contributed by atoms with van der Waals surface area (Å²) in [6, 6.07) is 3.71. The quantitative estimate of drug-likeness (QED) is 0.371. The standard InChI is InChI=1S/C19H26F2N6.HI/c1-4-22-19(23-11-12(2)15-8-7-14(20)10-16(15)21)25-17-6-5-9-27-18(17)24-13(3)26-27;/h7-8,10,12,17H,4-6,9,11H2,1-3H3,(H2,22,23,25);1H. The topological polar surface area (TPSA) is 67.1 Å². The number of nitrogens with one attached hydrogen (secondary N) is 2. The second-order valence-corrected chi connectivity index (χ2v) is 6.87. The molecule has 0 aliphatic carbocycles. The highest BCUT2D eigenvalue weighted by molar-refractivity contribution is 14.0. The molecule has 3 rings (SSSR count). The fourth-order valence-electron chi connectivity index (χ4n) is 3.32. The molecule has 0 radical (unpaired) electrons. The zero-order valence-electron chi connectivity index (χ0n) is 16.4. The molecular weight excluding hydrogens is 477 g/mol. The van der Waals surface area contributed by atoms with Crippen LogP contribution in [0.15, 0.2) is 23.2 Å². The molecule has 1 aliphatic rings. The fraction of sp³-hybridized carbons (Fsp3) is 0.526. The lowest BCUT2D eigenvalue weighted by atomic mass is 10.0. The highest BCUT2D eigenvalue weighted by atomic mass is 127. The van der Waals surface area contributed by atoms with Gasteiger partial charge in [0.1, 0.15) is 23.3 Å². The molecule has 1 aromatic heterocycles. The first kappa shape index (κ1) is 22.5. The van der Waals surface area contributed by atoms with Crippen LogP contribution in [0.1, 0.15) is 55.9 Å². The second-order valence-electron chi connectivity index (χ2n) is 6.87. The molecule has 6 nitrogen and oxygen atoms in total. The van der Waals surface area contributed by atoms with E-state index in [2.05, 4.69) is 25.7 Å². The first-order valence-corrected chi connectivity index (χ1v) is 9.39. The van der Waals surface area contributed by atoms with Gasteiger partial charge in [-0.1, -0.05) is 13.0 Å². The number of fused-ring (bicyclic) bond motifs is 1. The van der Waals surface area contributed by atoms with Gasteiger partial charge in [-0.3, -0.25) is 4.99 Å². The molecule has 0 amide bonds. The molecule has 1 aromatic carbocycles. The molecule has 0 fully saturated rings. The van der Waals surface area contributed by atoms with Crippen LogP contribution in [-0.4, -0.2) is 33.8 Å². The molecule has 2 aromatic rings. The van der Waals surface area contributed by atoms with Gasteiger partial charge in [0.15, 0.2) is 5.96 Å². The van der Waals surface area contributed by atoms with Gasteiger partial charge in [-0.25, -0.2) is 18.4 Å². The van der Waals surface area contributed by atoms with Gasteiger partial charge in [0.05, 0.1) is 6.04 Å². The van der Waals surface area contributed by atoms with Crippen molar-refractivity contribution in [2.75, 3.05) is 13.1 Å². The summed E-state index contributed by atoms with van der Waals surface area (Å²) in [5.74, 6) is 1.07. The maximum absolute atomic E-state index is 14.0. The minimum absolute atomic E-state index is 0. The summed E-state index contributed by atoms with van der Waals surface area (Å²) in [7, 11) is 0. The van der Waals surface area contributed by atoms with Gasteiger partial charge < -0.3 is 10.6 Å². The van der Waals surface area contributed by atoms with Crippen molar-refractivity contribution < 1.29 is 8.78 Å². The summed E-state index contributed by atoms with van der Waals surface area (Å²) in [5.41, 5.74) is 0.462. The summed E-state index contributed by atoms with van der Waals surface area (Å²) >= 11 is 0. The van der Waals surface area contributed by atoms with Crippen LogP contribution >= 0.6 is 24.0 Å². The zero-order valence-corrected chi connectivity index (χ0v) is 18.7. The van der Waals surface area contributed by atoms with Crippen molar-refractivity contribution in [3.8, 4) is 0 Å². The predicted molar refractivity (Wildman–Crippen MR) is 116 cm³/mol. The highest BCUT2D eigenvalue weighted by Crippen LogP contribution is 2.23. The van der Waals surface area contributed by atoms with E-state index in [-0.39, 0.29) is 35.9 Å². The lowest BCUT2D eigenvalue weighted by Crippen LogP contribution is -2.41. The zero-order chi connectivity index (χ0) is 19.4. The number of guanidine groups is 1. The number of aryl methyl sites for hydroxylation is 2. The smallest absolute Gasteiger partial charge is 0.191 e. The molecule has 9 heteroatoms. The van der Waals surface area contributed by atoms with Crippen LogP contribution in [0.4, 0.5) is 8.78 Å². The summed E-state index contributed by atoms with van der Waals surface area (Å²) in [6.45, 7) is 7.74. The van der Waals surface area contributed by atoms with Gasteiger partial charge in [-0.05, 0) is 38.3 Å². The van der Waals surface area contributed by atoms with Gasteiger partial charge in [0, 0.05) is 31.6 Å². The molecule has 2 atom stereocenters. The molecule has 2 unspecified atom stereocenters. The Labute approximate surface area is 181 Å². The van der Waals surface area contributed by atoms with Crippen molar-refractivity contribution in [2.45, 2.75) is 52.1 Å². The number of rotatable bonds is 5. The van der Waals surface area contributed by atoms with Crippen LogP contribution < -0.4 is 10.6 Å². The summed E-state index contributed by atoms with van der Waals surface area (Å²) in [6.07, 6.45) is 1.97. The summed E-state index contributed by atoms with van der Waals surface area (Å²) in [4.78, 5) is 9.13. The molecular formula is C19H27F2IN6. The average Bonchev–Trinajstić information content (AvgIpc) is 3.01. The third-order valence-electron chi connectivity index (χ3n) is 4.65. The number of aromatic nitrogens is 3. The van der Waals surface area contributed by atoms with E-state index in [9.17, 15) is 8.78 Å². The number of hydrogen-bond acceptors (Lipinski definition) is 3. The minimum Gasteiger partial charge on any atom is -0.357 e. The van der Waals surface area contributed by atoms with Crippen LogP contribution in [0.5, 0.6) is 0 Å². The van der Waals surface area contributed by atoms with E-state index in [0.29, 0.717) is 24.6 Å². The van der Waals surface area contributed by atoms with E-state index in [1.807, 2.05) is 25.5 Å². The Morgan fingerprint density at radius 2 is 2.18 bits per heavy atom. The SMILES string of the molecule is CCNC(=NCC(C)c1ccc(F)cc1F)NC1CCCn2nc(C)nc21.I. The van der Waals surface area contributed by atoms with Gasteiger partial charge in [0.25, 0.3) is 0 Å². The van der Waals surface area contributed by atoms with Crippen LogP contribution in [0.2, 0.25) is 0 Å². The van der Waals surface area contributed by atoms with Gasteiger partial charge >= 0.3 is 0 Å². The molecule has 28 heavy (non-hydrogen) atoms. The van der Waals surface area contributed by atoms with Crippen LogP contribution in [0.25, 0.3) is 0 Å². The molecule has 1 aliphatic heterocycles. The van der Waals surface area contributed by atoms with Crippen molar-refractivity contribution in [3.05, 3.63) is 47.0 Å². The van der Waals surface area contributed by atoms with Gasteiger partial charge in [-0.2, -0.15) is 5.10 Å². The molecule has 2 N–H and O–H groups in total. The van der Waals surface area contributed by atoms with E-state index in [1.165, 1.54) is 12.1 Å². The minimum atomic E-state index is -0.571. The van der Waals surface area contributed by atoms with E-state index in [4.69, 9.17) is 0 Å². The lowest BCUT2D eigenvalue weighted by Gasteiger charge is -2.25. The van der Waals surface area contributed by atoms with E-state index >= 15 is 0 Å². The number of halogens is 3. The third-order valence-corrected chi connectivity index (χ3v) is 4.65. The summed E-state index contributed by atoms with van der Waals surface area (Å²) in [5, 5.41) is 11.1. The van der Waals surface area contributed by atoms with E-state index in [1.54, 1.807) is 0 Å². The Hall–Kier alpha value is -1.78. The first-order valence-electron chi connectivity index (χ1n) is 9.39. The normalized spacial score (nSPS) is 17.5. The van der Waals surface area contributed by atoms with Crippen molar-refractivity contribution in [3.63, 3.8) is 0 Å². The Bertz CT molecular complexity index is 823. The van der Waals surface area contributed by atoms with Gasteiger partial charge in [0.2, 0.25) is 0 Å². The summed E-state index contributed by atoms with van der Waals surface area (Å²) < 4.78 is 29.0. The third kappa shape index (κ3) is 5.39. The Balaban J connectivity index is 0.00000280. The van der Waals surface area contributed by atoms with Crippen molar-refractivity contribution in [1.29, 1.82) is 0 Å².